The third kappa shape index (κ3) is 4.06. The van der Waals surface area contributed by atoms with Crippen LogP contribution in [0.2, 0.25) is 0 Å². The van der Waals surface area contributed by atoms with Gasteiger partial charge in [-0.3, -0.25) is 4.79 Å². The summed E-state index contributed by atoms with van der Waals surface area (Å²) in [5.74, 6) is -0.0684. The van der Waals surface area contributed by atoms with Crippen molar-refractivity contribution >= 4 is 5.91 Å². The highest BCUT2D eigenvalue weighted by molar-refractivity contribution is 5.92. The third-order valence-electron chi connectivity index (χ3n) is 3.48. The first-order valence-electron chi connectivity index (χ1n) is 7.17. The lowest BCUT2D eigenvalue weighted by atomic mass is 10.1. The maximum absolute atomic E-state index is 12.1. The van der Waals surface area contributed by atoms with Crippen LogP contribution in [0.25, 0.3) is 0 Å². The van der Waals surface area contributed by atoms with Gasteiger partial charge in [-0.15, -0.1) is 0 Å². The summed E-state index contributed by atoms with van der Waals surface area (Å²) in [6.07, 6.45) is 4.08. The number of aliphatic hydroxyl groups is 1. The van der Waals surface area contributed by atoms with E-state index in [1.165, 1.54) is 0 Å². The summed E-state index contributed by atoms with van der Waals surface area (Å²) in [5.41, 5.74) is 0.707. The molecule has 3 N–H and O–H groups in total. The summed E-state index contributed by atoms with van der Waals surface area (Å²) in [5, 5.41) is 14.8. The van der Waals surface area contributed by atoms with Crippen LogP contribution in [-0.2, 0) is 4.74 Å². The monoisotopic (exact) mass is 281 g/mol. The molecular weight excluding hydrogens is 258 g/mol. The number of nitrogens with zero attached hydrogens (tertiary/aromatic N) is 1. The number of hydrogen-bond acceptors (Lipinski definition) is 4. The highest BCUT2D eigenvalue weighted by Gasteiger charge is 2.19. The number of ether oxygens (including phenoxy) is 1. The summed E-state index contributed by atoms with van der Waals surface area (Å²) in [7, 11) is 0. The van der Waals surface area contributed by atoms with Crippen LogP contribution in [-0.4, -0.2) is 55.0 Å². The van der Waals surface area contributed by atoms with Crippen molar-refractivity contribution in [3.05, 3.63) is 24.0 Å². The minimum absolute atomic E-state index is 0.00646. The van der Waals surface area contributed by atoms with E-state index < -0.39 is 0 Å². The van der Waals surface area contributed by atoms with E-state index in [2.05, 4.69) is 15.2 Å². The van der Waals surface area contributed by atoms with Crippen molar-refractivity contribution in [3.63, 3.8) is 0 Å². The van der Waals surface area contributed by atoms with Crippen molar-refractivity contribution < 1.29 is 14.6 Å². The summed E-state index contributed by atoms with van der Waals surface area (Å²) in [4.78, 5) is 12.1. The number of aliphatic hydroxyl groups excluding tert-OH is 1. The van der Waals surface area contributed by atoms with Crippen molar-refractivity contribution in [3.8, 4) is 0 Å². The number of carbonyl (C=O) groups is 1. The topological polar surface area (TPSA) is 75.5 Å². The first-order chi connectivity index (χ1) is 9.83. The summed E-state index contributed by atoms with van der Waals surface area (Å²) in [6.45, 7) is 3.18. The molecule has 0 saturated carbocycles. The number of carbonyl (C=O) groups excluding carboxylic acids is 1. The standard InChI is InChI=1S/C14H23N3O3/c18-9-11-20-10-7-16-14(19)13-2-1-8-17(13)12-3-5-15-6-4-12/h1-2,8,12,15,18H,3-7,9-11H2,(H,16,19). The van der Waals surface area contributed by atoms with E-state index in [1.54, 1.807) is 0 Å². The largest absolute Gasteiger partial charge is 0.394 e. The predicted octanol–water partition coefficient (Wildman–Crippen LogP) is 0.151. The number of amides is 1. The number of aromatic nitrogens is 1. The van der Waals surface area contributed by atoms with E-state index in [4.69, 9.17) is 9.84 Å². The fourth-order valence-electron chi connectivity index (χ4n) is 2.48. The number of nitrogens with one attached hydrogen (secondary N) is 2. The number of hydrogen-bond donors (Lipinski definition) is 3. The summed E-state index contributed by atoms with van der Waals surface area (Å²) >= 11 is 0. The molecule has 1 aliphatic heterocycles. The molecule has 6 heteroatoms. The minimum atomic E-state index is -0.0684. The quantitative estimate of drug-likeness (QED) is 0.622. The van der Waals surface area contributed by atoms with Crippen LogP contribution in [0.15, 0.2) is 18.3 Å². The van der Waals surface area contributed by atoms with E-state index in [1.807, 2.05) is 18.3 Å². The molecular formula is C14H23N3O3. The zero-order chi connectivity index (χ0) is 14.2. The van der Waals surface area contributed by atoms with E-state index in [-0.39, 0.29) is 12.5 Å². The second-order valence-corrected chi connectivity index (χ2v) is 4.87. The highest BCUT2D eigenvalue weighted by atomic mass is 16.5. The second-order valence-electron chi connectivity index (χ2n) is 4.87. The number of rotatable bonds is 7. The first kappa shape index (κ1) is 15.0. The van der Waals surface area contributed by atoms with Crippen molar-refractivity contribution in [1.82, 2.24) is 15.2 Å². The second kappa shape index (κ2) is 8.04. The molecule has 1 amide bonds. The highest BCUT2D eigenvalue weighted by Crippen LogP contribution is 2.21. The van der Waals surface area contributed by atoms with Gasteiger partial charge in [0.2, 0.25) is 0 Å². The number of piperidine rings is 1. The van der Waals surface area contributed by atoms with Crippen molar-refractivity contribution in [2.75, 3.05) is 39.5 Å². The molecule has 0 spiro atoms. The molecule has 0 atom stereocenters. The van der Waals surface area contributed by atoms with Crippen LogP contribution in [0.3, 0.4) is 0 Å². The fourth-order valence-corrected chi connectivity index (χ4v) is 2.48. The van der Waals surface area contributed by atoms with Gasteiger partial charge in [-0.25, -0.2) is 0 Å². The van der Waals surface area contributed by atoms with E-state index in [0.29, 0.717) is 31.5 Å². The maximum atomic E-state index is 12.1. The normalized spacial score (nSPS) is 16.2. The SMILES string of the molecule is O=C(NCCOCCO)c1cccn1C1CCNCC1. The van der Waals surface area contributed by atoms with Gasteiger partial charge in [-0.05, 0) is 38.1 Å². The Bertz CT molecular complexity index is 414. The van der Waals surface area contributed by atoms with Gasteiger partial charge in [0.05, 0.1) is 19.8 Å². The summed E-state index contributed by atoms with van der Waals surface area (Å²) in [6, 6.07) is 4.17. The summed E-state index contributed by atoms with van der Waals surface area (Å²) < 4.78 is 7.19. The van der Waals surface area contributed by atoms with Gasteiger partial charge in [0.1, 0.15) is 5.69 Å². The lowest BCUT2D eigenvalue weighted by Gasteiger charge is -2.25. The molecule has 1 saturated heterocycles. The van der Waals surface area contributed by atoms with Crippen LogP contribution >= 0.6 is 0 Å². The molecule has 1 aromatic heterocycles. The van der Waals surface area contributed by atoms with E-state index in [9.17, 15) is 4.79 Å². The Morgan fingerprint density at radius 2 is 2.25 bits per heavy atom. The van der Waals surface area contributed by atoms with Crippen LogP contribution in [0.4, 0.5) is 0 Å². The third-order valence-corrected chi connectivity index (χ3v) is 3.48. The molecule has 1 aliphatic rings. The minimum Gasteiger partial charge on any atom is -0.394 e. The molecule has 0 radical (unpaired) electrons. The average molecular weight is 281 g/mol. The predicted molar refractivity (Wildman–Crippen MR) is 75.8 cm³/mol. The Labute approximate surface area is 119 Å². The molecule has 1 fully saturated rings. The molecule has 2 heterocycles. The first-order valence-corrected chi connectivity index (χ1v) is 7.17. The maximum Gasteiger partial charge on any atom is 0.267 e. The Morgan fingerprint density at radius 3 is 3.00 bits per heavy atom. The molecule has 0 aromatic carbocycles. The van der Waals surface area contributed by atoms with Crippen LogP contribution in [0.5, 0.6) is 0 Å². The molecule has 0 aliphatic carbocycles. The van der Waals surface area contributed by atoms with Gasteiger partial charge in [-0.1, -0.05) is 0 Å². The molecule has 20 heavy (non-hydrogen) atoms. The van der Waals surface area contributed by atoms with Crippen LogP contribution < -0.4 is 10.6 Å². The average Bonchev–Trinajstić information content (AvgIpc) is 2.97. The molecule has 0 unspecified atom stereocenters. The van der Waals surface area contributed by atoms with E-state index in [0.717, 1.165) is 25.9 Å². The van der Waals surface area contributed by atoms with Crippen molar-refractivity contribution in [1.29, 1.82) is 0 Å². The Kier molecular flexibility index (Phi) is 6.04. The fraction of sp³-hybridized carbons (Fsp3) is 0.643. The van der Waals surface area contributed by atoms with Crippen molar-refractivity contribution in [2.45, 2.75) is 18.9 Å². The van der Waals surface area contributed by atoms with Crippen LogP contribution in [0, 0.1) is 0 Å². The Balaban J connectivity index is 1.85. The Hall–Kier alpha value is -1.37. The van der Waals surface area contributed by atoms with Gasteiger partial charge < -0.3 is 25.0 Å². The van der Waals surface area contributed by atoms with Crippen LogP contribution in [0.1, 0.15) is 29.4 Å². The smallest absolute Gasteiger partial charge is 0.267 e. The zero-order valence-electron chi connectivity index (χ0n) is 11.7. The molecule has 1 aromatic rings. The van der Waals surface area contributed by atoms with Gasteiger partial charge in [0, 0.05) is 18.8 Å². The van der Waals surface area contributed by atoms with Gasteiger partial charge >= 0.3 is 0 Å². The molecule has 0 bridgehead atoms. The lowest BCUT2D eigenvalue weighted by Crippen LogP contribution is -2.33. The zero-order valence-corrected chi connectivity index (χ0v) is 11.7. The van der Waals surface area contributed by atoms with Crippen molar-refractivity contribution in [2.24, 2.45) is 0 Å². The Morgan fingerprint density at radius 1 is 1.45 bits per heavy atom. The van der Waals surface area contributed by atoms with Gasteiger partial charge in [0.25, 0.3) is 5.91 Å². The van der Waals surface area contributed by atoms with Gasteiger partial charge in [0.15, 0.2) is 0 Å². The lowest BCUT2D eigenvalue weighted by molar-refractivity contribution is 0.0830. The molecule has 6 nitrogen and oxygen atoms in total. The molecule has 2 rings (SSSR count). The van der Waals surface area contributed by atoms with E-state index >= 15 is 0 Å². The van der Waals surface area contributed by atoms with Gasteiger partial charge in [-0.2, -0.15) is 0 Å². The molecule has 112 valence electrons.